The number of nitrogens with one attached hydrogen (secondary N) is 1. The Kier molecular flexibility index (Phi) is 7.57. The van der Waals surface area contributed by atoms with E-state index in [0.717, 1.165) is 16.8 Å². The number of carbonyl (C=O) groups excluding carboxylic acids is 1. The monoisotopic (exact) mass is 447 g/mol. The molecule has 0 spiro atoms. The number of aliphatic carboxylic acids is 1. The smallest absolute Gasteiger partial charge is 0.407 e. The summed E-state index contributed by atoms with van der Waals surface area (Å²) in [7, 11) is 0. The fraction of sp³-hybridized carbons (Fsp3) is 0.667. The van der Waals surface area contributed by atoms with Crippen molar-refractivity contribution in [1.82, 2.24) is 14.5 Å². The summed E-state index contributed by atoms with van der Waals surface area (Å²) >= 11 is 0. The van der Waals surface area contributed by atoms with E-state index in [1.807, 2.05) is 0 Å². The second-order valence-electron chi connectivity index (χ2n) is 8.08. The lowest BCUT2D eigenvalue weighted by Crippen LogP contribution is -2.49. The normalized spacial score (nSPS) is 24.6. The Morgan fingerprint density at radius 2 is 2.00 bits per heavy atom. The Morgan fingerprint density at radius 3 is 2.52 bits per heavy atom. The van der Waals surface area contributed by atoms with Crippen LogP contribution in [0, 0.1) is 0 Å². The Labute approximate surface area is 175 Å². The van der Waals surface area contributed by atoms with Gasteiger partial charge in [0.05, 0.1) is 25.6 Å². The first kappa shape index (κ1) is 24.5. The summed E-state index contributed by atoms with van der Waals surface area (Å²) in [6, 6.07) is -0.267. The molecule has 4 N–H and O–H groups in total. The van der Waals surface area contributed by atoms with Gasteiger partial charge in [-0.3, -0.25) is 18.7 Å². The van der Waals surface area contributed by atoms with Crippen LogP contribution in [0.2, 0.25) is 0 Å². The summed E-state index contributed by atoms with van der Waals surface area (Å²) in [4.78, 5) is 48.2. The Hall–Kier alpha value is -2.77. The number of aromatic nitrogens is 2. The molecule has 1 saturated heterocycles. The van der Waals surface area contributed by atoms with Crippen molar-refractivity contribution in [1.29, 1.82) is 0 Å². The summed E-state index contributed by atoms with van der Waals surface area (Å²) in [6.45, 7) is 3.57. The molecule has 0 saturated carbocycles. The van der Waals surface area contributed by atoms with E-state index < -0.39 is 79.1 Å². The van der Waals surface area contributed by atoms with Gasteiger partial charge in [-0.25, -0.2) is 14.0 Å². The van der Waals surface area contributed by atoms with Crippen LogP contribution in [0.4, 0.5) is 9.18 Å². The molecule has 2 heterocycles. The molecule has 1 fully saturated rings. The number of alkyl carbamates (subject to hydrolysis) is 1. The minimum Gasteiger partial charge on any atom is -0.481 e. The largest absolute Gasteiger partial charge is 0.481 e. The van der Waals surface area contributed by atoms with Crippen LogP contribution in [0.25, 0.3) is 0 Å². The number of aliphatic hydroxyl groups is 2. The molecule has 1 aliphatic rings. The van der Waals surface area contributed by atoms with Crippen LogP contribution in [0.5, 0.6) is 0 Å². The highest BCUT2D eigenvalue weighted by Gasteiger charge is 2.45. The number of carbonyl (C=O) groups is 2. The minimum absolute atomic E-state index is 0.542. The number of rotatable bonds is 7. The first-order valence-corrected chi connectivity index (χ1v) is 9.45. The number of hydrogen-bond acceptors (Lipinski definition) is 8. The molecule has 13 heteroatoms. The van der Waals surface area contributed by atoms with Gasteiger partial charge in [-0.1, -0.05) is 0 Å². The second kappa shape index (κ2) is 9.58. The van der Waals surface area contributed by atoms with Gasteiger partial charge in [-0.05, 0) is 20.8 Å². The van der Waals surface area contributed by atoms with Crippen LogP contribution in [-0.2, 0) is 20.8 Å². The molecule has 12 nitrogen and oxygen atoms in total. The molecule has 1 amide bonds. The second-order valence-corrected chi connectivity index (χ2v) is 8.08. The molecule has 0 bridgehead atoms. The first-order valence-electron chi connectivity index (χ1n) is 9.45. The third kappa shape index (κ3) is 6.12. The number of halogens is 1. The molecular formula is C18H26FN3O9. The van der Waals surface area contributed by atoms with E-state index >= 15 is 0 Å². The highest BCUT2D eigenvalue weighted by Crippen LogP contribution is 2.30. The number of nitrogens with zero attached hydrogens (tertiary/aromatic N) is 2. The number of alkyl halides is 1. The van der Waals surface area contributed by atoms with Crippen molar-refractivity contribution >= 4 is 12.1 Å². The Bertz CT molecular complexity index is 923. The SMILES string of the molecule is CC(C)(C)OC(=O)NC(CC(=O)O)Cn1c(=O)ccn([C@@H]2O[C@H](CO)[C@@H](O)[C@H]2F)c1=O. The molecule has 1 unspecified atom stereocenters. The topological polar surface area (TPSA) is 169 Å². The number of hydrogen-bond donors (Lipinski definition) is 4. The Morgan fingerprint density at radius 1 is 1.35 bits per heavy atom. The molecular weight excluding hydrogens is 421 g/mol. The van der Waals surface area contributed by atoms with Crippen molar-refractivity contribution in [3.8, 4) is 0 Å². The van der Waals surface area contributed by atoms with Crippen LogP contribution in [0.1, 0.15) is 33.4 Å². The van der Waals surface area contributed by atoms with Crippen LogP contribution in [-0.4, -0.2) is 73.1 Å². The van der Waals surface area contributed by atoms with E-state index in [1.165, 1.54) is 0 Å². The van der Waals surface area contributed by atoms with Crippen molar-refractivity contribution in [3.63, 3.8) is 0 Å². The fourth-order valence-corrected chi connectivity index (χ4v) is 3.04. The highest BCUT2D eigenvalue weighted by atomic mass is 19.1. The lowest BCUT2D eigenvalue weighted by atomic mass is 10.1. The van der Waals surface area contributed by atoms with Gasteiger partial charge in [0.15, 0.2) is 12.4 Å². The number of amides is 1. The van der Waals surface area contributed by atoms with E-state index in [-0.39, 0.29) is 0 Å². The summed E-state index contributed by atoms with van der Waals surface area (Å²) < 4.78 is 26.0. The summed E-state index contributed by atoms with van der Waals surface area (Å²) in [6.07, 6.45) is -7.22. The van der Waals surface area contributed by atoms with Crippen molar-refractivity contribution in [2.24, 2.45) is 0 Å². The number of aliphatic hydroxyl groups excluding tert-OH is 2. The van der Waals surface area contributed by atoms with Gasteiger partial charge in [0.25, 0.3) is 5.56 Å². The zero-order chi connectivity index (χ0) is 23.5. The summed E-state index contributed by atoms with van der Waals surface area (Å²) in [5.41, 5.74) is -2.74. The molecule has 5 atom stereocenters. The van der Waals surface area contributed by atoms with Gasteiger partial charge < -0.3 is 30.1 Å². The molecule has 31 heavy (non-hydrogen) atoms. The average Bonchev–Trinajstić information content (AvgIpc) is 2.91. The van der Waals surface area contributed by atoms with Gasteiger partial charge >= 0.3 is 17.8 Å². The van der Waals surface area contributed by atoms with Gasteiger partial charge in [0.1, 0.15) is 17.8 Å². The molecule has 0 aliphatic carbocycles. The van der Waals surface area contributed by atoms with Gasteiger partial charge in [0.2, 0.25) is 0 Å². The van der Waals surface area contributed by atoms with Crippen LogP contribution < -0.4 is 16.6 Å². The van der Waals surface area contributed by atoms with Crippen molar-refractivity contribution in [2.75, 3.05) is 6.61 Å². The molecule has 174 valence electrons. The standard InChI is InChI=1S/C18H26FN3O9/c1-18(2,3)31-16(28)20-9(6-12(25)26)7-22-11(24)4-5-21(17(22)29)15-13(19)14(27)10(8-23)30-15/h4-5,9-10,13-15,23,27H,6-8H2,1-3H3,(H,20,28)(H,25,26)/t9?,10-,13-,14-,15-/m1/s1. The lowest BCUT2D eigenvalue weighted by Gasteiger charge is -2.24. The average molecular weight is 447 g/mol. The number of carboxylic acids is 1. The van der Waals surface area contributed by atoms with Crippen LogP contribution >= 0.6 is 0 Å². The number of ether oxygens (including phenoxy) is 2. The summed E-state index contributed by atoms with van der Waals surface area (Å²) in [5, 5.41) is 30.3. The fourth-order valence-electron chi connectivity index (χ4n) is 3.04. The summed E-state index contributed by atoms with van der Waals surface area (Å²) in [5.74, 6) is -1.30. The van der Waals surface area contributed by atoms with Crippen molar-refractivity contribution < 1.29 is 38.8 Å². The van der Waals surface area contributed by atoms with E-state index in [9.17, 15) is 28.7 Å². The van der Waals surface area contributed by atoms with Crippen molar-refractivity contribution in [2.45, 2.75) is 70.0 Å². The molecule has 0 aromatic carbocycles. The molecule has 1 aliphatic heterocycles. The predicted molar refractivity (Wildman–Crippen MR) is 102 cm³/mol. The van der Waals surface area contributed by atoms with Crippen LogP contribution in [0.15, 0.2) is 21.9 Å². The third-order valence-corrected chi connectivity index (χ3v) is 4.39. The molecule has 1 aromatic heterocycles. The van der Waals surface area contributed by atoms with E-state index in [4.69, 9.17) is 19.7 Å². The molecule has 0 radical (unpaired) electrons. The van der Waals surface area contributed by atoms with E-state index in [0.29, 0.717) is 4.57 Å². The Balaban J connectivity index is 2.32. The third-order valence-electron chi connectivity index (χ3n) is 4.39. The predicted octanol–water partition coefficient (Wildman–Crippen LogP) is -1.03. The maximum absolute atomic E-state index is 14.4. The maximum atomic E-state index is 14.4. The maximum Gasteiger partial charge on any atom is 0.407 e. The van der Waals surface area contributed by atoms with Crippen LogP contribution in [0.3, 0.4) is 0 Å². The van der Waals surface area contributed by atoms with Crippen molar-refractivity contribution in [3.05, 3.63) is 33.1 Å². The molecule has 1 aromatic rings. The quantitative estimate of drug-likeness (QED) is 0.408. The lowest BCUT2D eigenvalue weighted by molar-refractivity contribution is -0.137. The van der Waals surface area contributed by atoms with E-state index in [2.05, 4.69) is 5.32 Å². The first-order chi connectivity index (χ1) is 14.3. The van der Waals surface area contributed by atoms with Gasteiger partial charge in [0, 0.05) is 12.3 Å². The minimum atomic E-state index is -2.06. The highest BCUT2D eigenvalue weighted by molar-refractivity contribution is 5.71. The zero-order valence-corrected chi connectivity index (χ0v) is 17.2. The zero-order valence-electron chi connectivity index (χ0n) is 17.2. The van der Waals surface area contributed by atoms with E-state index in [1.54, 1.807) is 20.8 Å². The number of carboxylic acid groups (broad SMARTS) is 1. The van der Waals surface area contributed by atoms with Gasteiger partial charge in [-0.15, -0.1) is 0 Å². The molecule has 2 rings (SSSR count). The van der Waals surface area contributed by atoms with Gasteiger partial charge in [-0.2, -0.15) is 0 Å².